The number of benzene rings is 1. The van der Waals surface area contributed by atoms with Crippen LogP contribution in [0, 0.1) is 5.92 Å². The van der Waals surface area contributed by atoms with Gasteiger partial charge in [-0.3, -0.25) is 0 Å². The Morgan fingerprint density at radius 2 is 1.80 bits per heavy atom. The molecular weight excluding hydrogens is 180 g/mol. The second-order valence-electron chi connectivity index (χ2n) is 5.95. The average Bonchev–Trinajstić information content (AvgIpc) is 3.02. The van der Waals surface area contributed by atoms with Crippen molar-refractivity contribution >= 4 is 0 Å². The van der Waals surface area contributed by atoms with Gasteiger partial charge in [-0.25, -0.2) is 0 Å². The molecule has 0 N–H and O–H groups in total. The van der Waals surface area contributed by atoms with Crippen molar-refractivity contribution in [3.63, 3.8) is 0 Å². The van der Waals surface area contributed by atoms with Crippen molar-refractivity contribution in [1.29, 1.82) is 0 Å². The maximum Gasteiger partial charge on any atom is -0.0100 e. The Balaban J connectivity index is 2.07. The van der Waals surface area contributed by atoms with Gasteiger partial charge in [-0.15, -0.1) is 0 Å². The molecule has 0 nitrogen and oxygen atoms in total. The second-order valence-corrected chi connectivity index (χ2v) is 5.95. The van der Waals surface area contributed by atoms with Gasteiger partial charge in [0.2, 0.25) is 0 Å². The molecule has 1 saturated carbocycles. The summed E-state index contributed by atoms with van der Waals surface area (Å²) in [6, 6.07) is 9.15. The normalized spacial score (nSPS) is 28.5. The standard InChI is InChI=1S/C15H20/c1-15(2)10-9-12(11-7-8-11)13-5-3-4-6-14(13)15/h3-6,11-12H,7-10H2,1-2H3. The first-order valence-electron chi connectivity index (χ1n) is 6.28. The average molecular weight is 200 g/mol. The van der Waals surface area contributed by atoms with Crippen molar-refractivity contribution in [2.24, 2.45) is 5.92 Å². The molecule has 0 bridgehead atoms. The molecule has 1 atom stereocenters. The third-order valence-electron chi connectivity index (χ3n) is 4.36. The zero-order chi connectivity index (χ0) is 10.5. The van der Waals surface area contributed by atoms with Crippen molar-refractivity contribution in [3.8, 4) is 0 Å². The molecule has 80 valence electrons. The zero-order valence-electron chi connectivity index (χ0n) is 9.79. The van der Waals surface area contributed by atoms with Gasteiger partial charge < -0.3 is 0 Å². The minimum Gasteiger partial charge on any atom is -0.0620 e. The van der Waals surface area contributed by atoms with Gasteiger partial charge in [0.25, 0.3) is 0 Å². The lowest BCUT2D eigenvalue weighted by molar-refractivity contribution is 0.374. The van der Waals surface area contributed by atoms with Crippen LogP contribution < -0.4 is 0 Å². The third-order valence-corrected chi connectivity index (χ3v) is 4.36. The van der Waals surface area contributed by atoms with Crippen LogP contribution >= 0.6 is 0 Å². The number of hydrogen-bond donors (Lipinski definition) is 0. The highest BCUT2D eigenvalue weighted by Gasteiger charge is 2.39. The quantitative estimate of drug-likeness (QED) is 0.635. The predicted molar refractivity (Wildman–Crippen MR) is 64.2 cm³/mol. The Kier molecular flexibility index (Phi) is 1.95. The summed E-state index contributed by atoms with van der Waals surface area (Å²) in [6.45, 7) is 4.80. The SMILES string of the molecule is CC1(C)CCC(C2CC2)c2ccccc21. The van der Waals surface area contributed by atoms with Gasteiger partial charge in [-0.1, -0.05) is 38.1 Å². The van der Waals surface area contributed by atoms with E-state index < -0.39 is 0 Å². The highest BCUT2D eigenvalue weighted by molar-refractivity contribution is 5.39. The molecule has 0 aromatic heterocycles. The summed E-state index contributed by atoms with van der Waals surface area (Å²) < 4.78 is 0. The van der Waals surface area contributed by atoms with Crippen molar-refractivity contribution in [2.45, 2.75) is 50.9 Å². The molecule has 0 heterocycles. The van der Waals surface area contributed by atoms with Gasteiger partial charge in [0.15, 0.2) is 0 Å². The smallest absolute Gasteiger partial charge is 0.0100 e. The molecular formula is C15H20. The number of fused-ring (bicyclic) bond motifs is 1. The van der Waals surface area contributed by atoms with Crippen molar-refractivity contribution in [3.05, 3.63) is 35.4 Å². The molecule has 0 spiro atoms. The fourth-order valence-corrected chi connectivity index (χ4v) is 3.23. The van der Waals surface area contributed by atoms with E-state index in [9.17, 15) is 0 Å². The lowest BCUT2D eigenvalue weighted by Gasteiger charge is -2.37. The van der Waals surface area contributed by atoms with Gasteiger partial charge in [0.05, 0.1) is 0 Å². The monoisotopic (exact) mass is 200 g/mol. The Hall–Kier alpha value is -0.780. The van der Waals surface area contributed by atoms with Gasteiger partial charge >= 0.3 is 0 Å². The van der Waals surface area contributed by atoms with E-state index in [1.54, 1.807) is 11.1 Å². The summed E-state index contributed by atoms with van der Waals surface area (Å²) >= 11 is 0. The van der Waals surface area contributed by atoms with Crippen molar-refractivity contribution in [2.75, 3.05) is 0 Å². The first kappa shape index (κ1) is 9.45. The number of hydrogen-bond acceptors (Lipinski definition) is 0. The van der Waals surface area contributed by atoms with Crippen LogP contribution in [0.5, 0.6) is 0 Å². The fourth-order valence-electron chi connectivity index (χ4n) is 3.23. The summed E-state index contributed by atoms with van der Waals surface area (Å²) in [7, 11) is 0. The Bertz CT molecular complexity index is 371. The van der Waals surface area contributed by atoms with E-state index in [-0.39, 0.29) is 0 Å². The topological polar surface area (TPSA) is 0 Å². The molecule has 15 heavy (non-hydrogen) atoms. The predicted octanol–water partition coefficient (Wildman–Crippen LogP) is 4.25. The van der Waals surface area contributed by atoms with E-state index in [2.05, 4.69) is 38.1 Å². The zero-order valence-corrected chi connectivity index (χ0v) is 9.79. The molecule has 1 fully saturated rings. The van der Waals surface area contributed by atoms with E-state index in [1.165, 1.54) is 25.7 Å². The summed E-state index contributed by atoms with van der Waals surface area (Å²) in [4.78, 5) is 0. The molecule has 0 saturated heterocycles. The van der Waals surface area contributed by atoms with E-state index >= 15 is 0 Å². The maximum absolute atomic E-state index is 2.40. The van der Waals surface area contributed by atoms with Gasteiger partial charge in [0.1, 0.15) is 0 Å². The minimum absolute atomic E-state index is 0.405. The molecule has 1 unspecified atom stereocenters. The summed E-state index contributed by atoms with van der Waals surface area (Å²) in [5, 5.41) is 0. The van der Waals surface area contributed by atoms with Crippen LogP contribution in [0.2, 0.25) is 0 Å². The van der Waals surface area contributed by atoms with E-state index in [0.717, 1.165) is 11.8 Å². The molecule has 0 heteroatoms. The van der Waals surface area contributed by atoms with E-state index in [0.29, 0.717) is 5.41 Å². The lowest BCUT2D eigenvalue weighted by atomic mass is 9.67. The van der Waals surface area contributed by atoms with E-state index in [4.69, 9.17) is 0 Å². The van der Waals surface area contributed by atoms with Gasteiger partial charge in [0, 0.05) is 0 Å². The highest BCUT2D eigenvalue weighted by atomic mass is 14.4. The molecule has 0 radical (unpaired) electrons. The molecule has 1 aromatic rings. The molecule has 0 amide bonds. The van der Waals surface area contributed by atoms with Crippen LogP contribution in [0.15, 0.2) is 24.3 Å². The first-order chi connectivity index (χ1) is 7.18. The first-order valence-corrected chi connectivity index (χ1v) is 6.28. The van der Waals surface area contributed by atoms with Crippen LogP contribution in [0.4, 0.5) is 0 Å². The molecule has 2 aliphatic carbocycles. The molecule has 1 aromatic carbocycles. The van der Waals surface area contributed by atoms with Crippen LogP contribution in [0.3, 0.4) is 0 Å². The highest BCUT2D eigenvalue weighted by Crippen LogP contribution is 2.52. The summed E-state index contributed by atoms with van der Waals surface area (Å²) in [5.74, 6) is 1.90. The number of rotatable bonds is 1. The summed E-state index contributed by atoms with van der Waals surface area (Å²) in [5.41, 5.74) is 3.69. The molecule has 3 rings (SSSR count). The minimum atomic E-state index is 0.405. The second kappa shape index (κ2) is 3.10. The lowest BCUT2D eigenvalue weighted by Crippen LogP contribution is -2.26. The Labute approximate surface area is 92.7 Å². The van der Waals surface area contributed by atoms with Crippen LogP contribution in [-0.4, -0.2) is 0 Å². The molecule has 0 aliphatic heterocycles. The Morgan fingerprint density at radius 3 is 2.53 bits per heavy atom. The summed E-state index contributed by atoms with van der Waals surface area (Å²) in [6.07, 6.45) is 5.72. The maximum atomic E-state index is 2.40. The van der Waals surface area contributed by atoms with E-state index in [1.807, 2.05) is 0 Å². The van der Waals surface area contributed by atoms with Gasteiger partial charge in [-0.2, -0.15) is 0 Å². The molecule has 2 aliphatic rings. The third kappa shape index (κ3) is 1.51. The fraction of sp³-hybridized carbons (Fsp3) is 0.600. The largest absolute Gasteiger partial charge is 0.0620 e. The van der Waals surface area contributed by atoms with Crippen LogP contribution in [0.1, 0.15) is 56.6 Å². The van der Waals surface area contributed by atoms with Gasteiger partial charge in [-0.05, 0) is 54.1 Å². The van der Waals surface area contributed by atoms with Crippen LogP contribution in [-0.2, 0) is 5.41 Å². The van der Waals surface area contributed by atoms with Crippen LogP contribution in [0.25, 0.3) is 0 Å². The van der Waals surface area contributed by atoms with Crippen molar-refractivity contribution < 1.29 is 0 Å². The van der Waals surface area contributed by atoms with Crippen molar-refractivity contribution in [1.82, 2.24) is 0 Å². The Morgan fingerprint density at radius 1 is 1.07 bits per heavy atom.